The fourth-order valence-corrected chi connectivity index (χ4v) is 7.04. The maximum atomic E-state index is 2.59. The monoisotopic (exact) mass is 543 g/mol. The molecule has 5 aromatic rings. The Morgan fingerprint density at radius 3 is 1.85 bits per heavy atom. The van der Waals surface area contributed by atoms with Crippen LogP contribution < -0.4 is 4.57 Å². The van der Waals surface area contributed by atoms with Crippen LogP contribution in [0.4, 0.5) is 0 Å². The van der Waals surface area contributed by atoms with Crippen LogP contribution in [0.3, 0.4) is 0 Å². The second kappa shape index (κ2) is 9.86. The average Bonchev–Trinajstić information content (AvgIpc) is 3.28. The van der Waals surface area contributed by atoms with E-state index in [9.17, 15) is 0 Å². The lowest BCUT2D eigenvalue weighted by molar-refractivity contribution is -0.758. The molecule has 41 heavy (non-hydrogen) atoms. The fourth-order valence-electron chi connectivity index (χ4n) is 7.04. The number of aromatic nitrogens is 2. The SMILES string of the molecule is CCC1(CC)Cc2cc(C(C)(C)C)ccc2-c2cc(-n3c4ccc(C(C)C)cc4c4cc(C(C)C)ccc43)cc[n+]21. The van der Waals surface area contributed by atoms with Crippen molar-refractivity contribution in [3.05, 3.63) is 95.2 Å². The van der Waals surface area contributed by atoms with Gasteiger partial charge in [0.2, 0.25) is 5.69 Å². The molecule has 2 aromatic heterocycles. The summed E-state index contributed by atoms with van der Waals surface area (Å²) in [6, 6.07) is 26.2. The first-order valence-corrected chi connectivity index (χ1v) is 15.8. The Bertz CT molecular complexity index is 1700. The quantitative estimate of drug-likeness (QED) is 0.195. The van der Waals surface area contributed by atoms with Crippen molar-refractivity contribution in [2.45, 2.75) is 104 Å². The van der Waals surface area contributed by atoms with Gasteiger partial charge in [-0.05, 0) is 69.8 Å². The normalized spacial score (nSPS) is 14.7. The Balaban J connectivity index is 1.64. The Labute approximate surface area is 247 Å². The molecule has 0 unspecified atom stereocenters. The predicted octanol–water partition coefficient (Wildman–Crippen LogP) is 10.4. The summed E-state index contributed by atoms with van der Waals surface area (Å²) in [4.78, 5) is 0. The Hall–Kier alpha value is -3.39. The number of rotatable bonds is 5. The van der Waals surface area contributed by atoms with Crippen LogP contribution in [-0.2, 0) is 17.4 Å². The van der Waals surface area contributed by atoms with E-state index in [2.05, 4.69) is 144 Å². The number of hydrogen-bond donors (Lipinski definition) is 0. The average molecular weight is 544 g/mol. The van der Waals surface area contributed by atoms with Crippen LogP contribution in [0.25, 0.3) is 38.8 Å². The van der Waals surface area contributed by atoms with Gasteiger partial charge in [0, 0.05) is 47.7 Å². The molecule has 0 saturated heterocycles. The Morgan fingerprint density at radius 1 is 0.756 bits per heavy atom. The zero-order valence-electron chi connectivity index (χ0n) is 26.6. The molecule has 0 aliphatic carbocycles. The fraction of sp³-hybridized carbons (Fsp3) is 0.410. The first-order valence-electron chi connectivity index (χ1n) is 15.8. The highest BCUT2D eigenvalue weighted by Gasteiger charge is 2.44. The number of pyridine rings is 1. The zero-order valence-corrected chi connectivity index (χ0v) is 26.6. The third kappa shape index (κ3) is 4.42. The van der Waals surface area contributed by atoms with Gasteiger partial charge < -0.3 is 4.57 Å². The standard InChI is InChI=1S/C39H47N2/c1-10-39(11-2)24-29-20-30(38(7,8)9)14-15-32(29)37-23-31(18-19-40(37)39)41-35-16-12-27(25(3)4)21-33(35)34-22-28(26(5)6)13-17-36(34)41/h12-23,25-26H,10-11,24H2,1-9H3/q+1. The van der Waals surface area contributed by atoms with Crippen molar-refractivity contribution in [1.82, 2.24) is 4.57 Å². The minimum Gasteiger partial charge on any atom is -0.309 e. The number of benzene rings is 3. The van der Waals surface area contributed by atoms with Gasteiger partial charge in [-0.25, -0.2) is 0 Å². The van der Waals surface area contributed by atoms with Crippen LogP contribution in [0.15, 0.2) is 72.9 Å². The van der Waals surface area contributed by atoms with Crippen LogP contribution in [0.2, 0.25) is 0 Å². The van der Waals surface area contributed by atoms with Crippen molar-refractivity contribution in [3.63, 3.8) is 0 Å². The lowest BCUT2D eigenvalue weighted by Gasteiger charge is -2.34. The molecule has 2 heteroatoms. The minimum absolute atomic E-state index is 0.0938. The summed E-state index contributed by atoms with van der Waals surface area (Å²) in [5.41, 5.74) is 12.4. The zero-order chi connectivity index (χ0) is 29.3. The van der Waals surface area contributed by atoms with Crippen molar-refractivity contribution in [1.29, 1.82) is 0 Å². The second-order valence-corrected chi connectivity index (χ2v) is 14.1. The van der Waals surface area contributed by atoms with Crippen LogP contribution in [0.1, 0.15) is 109 Å². The number of hydrogen-bond acceptors (Lipinski definition) is 0. The highest BCUT2D eigenvalue weighted by Crippen LogP contribution is 2.40. The predicted molar refractivity (Wildman–Crippen MR) is 176 cm³/mol. The first-order chi connectivity index (χ1) is 19.5. The molecular weight excluding hydrogens is 496 g/mol. The highest BCUT2D eigenvalue weighted by atomic mass is 15.1. The Kier molecular flexibility index (Phi) is 6.68. The summed E-state index contributed by atoms with van der Waals surface area (Å²) in [7, 11) is 0. The summed E-state index contributed by atoms with van der Waals surface area (Å²) in [6.07, 6.45) is 5.69. The van der Waals surface area contributed by atoms with Gasteiger partial charge in [-0.15, -0.1) is 0 Å². The summed E-state index contributed by atoms with van der Waals surface area (Å²) < 4.78 is 5.09. The van der Waals surface area contributed by atoms with Gasteiger partial charge >= 0.3 is 0 Å². The molecule has 1 aliphatic rings. The van der Waals surface area contributed by atoms with Gasteiger partial charge in [-0.3, -0.25) is 0 Å². The first kappa shape index (κ1) is 27.8. The van der Waals surface area contributed by atoms with Crippen molar-refractivity contribution >= 4 is 21.8 Å². The summed E-state index contributed by atoms with van der Waals surface area (Å²) in [6.45, 7) is 20.8. The van der Waals surface area contributed by atoms with Crippen LogP contribution in [-0.4, -0.2) is 4.57 Å². The molecule has 0 saturated carbocycles. The molecule has 3 heterocycles. The molecule has 0 bridgehead atoms. The van der Waals surface area contributed by atoms with Crippen LogP contribution in [0, 0.1) is 0 Å². The third-order valence-corrected chi connectivity index (χ3v) is 9.94. The largest absolute Gasteiger partial charge is 0.309 e. The van der Waals surface area contributed by atoms with Crippen molar-refractivity contribution < 1.29 is 4.57 Å². The van der Waals surface area contributed by atoms with Crippen molar-refractivity contribution in [2.24, 2.45) is 0 Å². The number of nitrogens with zero attached hydrogens (tertiary/aromatic N) is 2. The van der Waals surface area contributed by atoms with E-state index in [1.807, 2.05) is 0 Å². The maximum absolute atomic E-state index is 2.59. The molecule has 3 aromatic carbocycles. The second-order valence-electron chi connectivity index (χ2n) is 14.1. The summed E-state index contributed by atoms with van der Waals surface area (Å²) >= 11 is 0. The molecule has 6 rings (SSSR count). The minimum atomic E-state index is 0.0938. The van der Waals surface area contributed by atoms with Crippen LogP contribution >= 0.6 is 0 Å². The van der Waals surface area contributed by atoms with Gasteiger partial charge in [-0.2, -0.15) is 4.57 Å². The topological polar surface area (TPSA) is 8.81 Å². The van der Waals surface area contributed by atoms with Gasteiger partial charge in [0.15, 0.2) is 11.7 Å². The van der Waals surface area contributed by atoms with E-state index in [1.165, 1.54) is 61.0 Å². The van der Waals surface area contributed by atoms with Gasteiger partial charge in [0.1, 0.15) is 0 Å². The van der Waals surface area contributed by atoms with Crippen molar-refractivity contribution in [3.8, 4) is 16.9 Å². The van der Waals surface area contributed by atoms with Gasteiger partial charge in [0.05, 0.1) is 16.7 Å². The molecule has 1 aliphatic heterocycles. The Morgan fingerprint density at radius 2 is 1.34 bits per heavy atom. The highest BCUT2D eigenvalue weighted by molar-refractivity contribution is 6.09. The molecule has 0 N–H and O–H groups in total. The van der Waals surface area contributed by atoms with E-state index in [-0.39, 0.29) is 11.0 Å². The van der Waals surface area contributed by atoms with E-state index < -0.39 is 0 Å². The van der Waals surface area contributed by atoms with E-state index >= 15 is 0 Å². The molecule has 2 nitrogen and oxygen atoms in total. The molecule has 0 amide bonds. The lowest BCUT2D eigenvalue weighted by atomic mass is 9.77. The third-order valence-electron chi connectivity index (χ3n) is 9.94. The molecule has 0 atom stereocenters. The van der Waals surface area contributed by atoms with Gasteiger partial charge in [-0.1, -0.05) is 86.6 Å². The van der Waals surface area contributed by atoms with E-state index in [0.29, 0.717) is 11.8 Å². The molecular formula is C39H47N2+. The van der Waals surface area contributed by atoms with Crippen molar-refractivity contribution in [2.75, 3.05) is 0 Å². The van der Waals surface area contributed by atoms with Crippen LogP contribution in [0.5, 0.6) is 0 Å². The molecule has 0 radical (unpaired) electrons. The summed E-state index contributed by atoms with van der Waals surface area (Å²) in [5.74, 6) is 0.994. The molecule has 0 spiro atoms. The smallest absolute Gasteiger partial charge is 0.215 e. The maximum Gasteiger partial charge on any atom is 0.215 e. The molecule has 0 fully saturated rings. The van der Waals surface area contributed by atoms with E-state index in [0.717, 1.165) is 19.3 Å². The van der Waals surface area contributed by atoms with E-state index in [1.54, 1.807) is 0 Å². The van der Waals surface area contributed by atoms with Gasteiger partial charge in [0.25, 0.3) is 0 Å². The molecule has 212 valence electrons. The summed E-state index contributed by atoms with van der Waals surface area (Å²) in [5, 5.41) is 2.71. The lowest BCUT2D eigenvalue weighted by Crippen LogP contribution is -2.60. The van der Waals surface area contributed by atoms with E-state index in [4.69, 9.17) is 0 Å². The number of fused-ring (bicyclic) bond motifs is 6.